The van der Waals surface area contributed by atoms with Gasteiger partial charge in [0.25, 0.3) is 11.9 Å². The smallest absolute Gasteiger partial charge is 0.321 e. The first-order valence-corrected chi connectivity index (χ1v) is 9.64. The molecule has 0 aliphatic rings. The second-order valence-electron chi connectivity index (χ2n) is 7.41. The molecule has 0 fully saturated rings. The van der Waals surface area contributed by atoms with Crippen LogP contribution in [0.5, 0.6) is 0 Å². The van der Waals surface area contributed by atoms with Crippen LogP contribution < -0.4 is 0 Å². The van der Waals surface area contributed by atoms with Crippen molar-refractivity contribution in [3.05, 3.63) is 0 Å². The molecule has 0 unspecified atom stereocenters. The standard InChI is InChI=1S/C16H30O4Si2/c1-11(2)15(5,6)21-19-13(17)9-10-14(18)20-22-16(7,8)12(3)4/h11-12H,9-10H2,1-8H3. The van der Waals surface area contributed by atoms with Crippen LogP contribution in [0.25, 0.3) is 0 Å². The minimum absolute atomic E-state index is 0.0289. The highest BCUT2D eigenvalue weighted by Gasteiger charge is 2.29. The van der Waals surface area contributed by atoms with Crippen LogP contribution in [0, 0.1) is 11.8 Å². The van der Waals surface area contributed by atoms with Gasteiger partial charge in [-0.05, 0) is 21.9 Å². The lowest BCUT2D eigenvalue weighted by atomic mass is 9.99. The molecule has 4 nitrogen and oxygen atoms in total. The van der Waals surface area contributed by atoms with Crippen LogP contribution in [0.15, 0.2) is 0 Å². The fourth-order valence-electron chi connectivity index (χ4n) is 0.919. The zero-order valence-electron chi connectivity index (χ0n) is 15.2. The summed E-state index contributed by atoms with van der Waals surface area (Å²) in [7, 11) is 0.223. The average Bonchev–Trinajstić information content (AvgIpc) is 2.40. The van der Waals surface area contributed by atoms with Crippen LogP contribution >= 0.6 is 0 Å². The Morgan fingerprint density at radius 2 is 1.05 bits per heavy atom. The van der Waals surface area contributed by atoms with Gasteiger partial charge in [0.15, 0.2) is 0 Å². The minimum Gasteiger partial charge on any atom is -0.516 e. The quantitative estimate of drug-likeness (QED) is 0.598. The highest BCUT2D eigenvalue weighted by molar-refractivity contribution is 6.35. The van der Waals surface area contributed by atoms with Gasteiger partial charge in [0, 0.05) is 0 Å². The zero-order chi connectivity index (χ0) is 17.6. The average molecular weight is 343 g/mol. The Balaban J connectivity index is 4.04. The van der Waals surface area contributed by atoms with Crippen molar-refractivity contribution in [3.63, 3.8) is 0 Å². The van der Waals surface area contributed by atoms with E-state index in [2.05, 4.69) is 55.4 Å². The van der Waals surface area contributed by atoms with E-state index < -0.39 is 0 Å². The largest absolute Gasteiger partial charge is 0.516 e. The first-order valence-electron chi connectivity index (χ1n) is 7.82. The third kappa shape index (κ3) is 8.12. The van der Waals surface area contributed by atoms with E-state index in [-0.39, 0.29) is 54.4 Å². The van der Waals surface area contributed by atoms with Gasteiger partial charge in [-0.3, -0.25) is 9.59 Å². The van der Waals surface area contributed by atoms with E-state index in [4.69, 9.17) is 8.85 Å². The zero-order valence-corrected chi connectivity index (χ0v) is 17.2. The first kappa shape index (κ1) is 21.4. The molecule has 0 spiro atoms. The predicted octanol–water partition coefficient (Wildman–Crippen LogP) is 3.80. The van der Waals surface area contributed by atoms with Crippen molar-refractivity contribution in [2.45, 2.75) is 78.3 Å². The first-order chi connectivity index (χ1) is 9.88. The molecular weight excluding hydrogens is 312 g/mol. The van der Waals surface area contributed by atoms with Gasteiger partial charge in [0.05, 0.1) is 12.8 Å². The Morgan fingerprint density at radius 1 is 0.773 bits per heavy atom. The van der Waals surface area contributed by atoms with Crippen LogP contribution in [0.4, 0.5) is 0 Å². The third-order valence-electron chi connectivity index (χ3n) is 4.28. The Morgan fingerprint density at radius 3 is 1.27 bits per heavy atom. The maximum absolute atomic E-state index is 11.7. The summed E-state index contributed by atoms with van der Waals surface area (Å²) in [5.74, 6) is 0.219. The van der Waals surface area contributed by atoms with Gasteiger partial charge in [-0.1, -0.05) is 55.4 Å². The third-order valence-corrected chi connectivity index (χ3v) is 7.14. The molecule has 4 radical (unpaired) electrons. The van der Waals surface area contributed by atoms with Gasteiger partial charge in [0.1, 0.15) is 0 Å². The summed E-state index contributed by atoms with van der Waals surface area (Å²) in [6.45, 7) is 16.7. The molecule has 22 heavy (non-hydrogen) atoms. The van der Waals surface area contributed by atoms with Crippen molar-refractivity contribution in [3.8, 4) is 0 Å². The molecule has 0 atom stereocenters. The molecule has 6 heteroatoms. The van der Waals surface area contributed by atoms with Crippen LogP contribution in [0.2, 0.25) is 10.1 Å². The van der Waals surface area contributed by atoms with Gasteiger partial charge in [-0.15, -0.1) is 0 Å². The number of carbonyl (C=O) groups is 2. The van der Waals surface area contributed by atoms with Crippen molar-refractivity contribution in [1.82, 2.24) is 0 Å². The molecular formula is C16H30O4Si2. The van der Waals surface area contributed by atoms with Crippen molar-refractivity contribution in [2.75, 3.05) is 0 Å². The van der Waals surface area contributed by atoms with Crippen molar-refractivity contribution in [1.29, 1.82) is 0 Å². The molecule has 0 rings (SSSR count). The molecule has 0 amide bonds. The van der Waals surface area contributed by atoms with Crippen molar-refractivity contribution in [2.24, 2.45) is 11.8 Å². The fourth-order valence-corrected chi connectivity index (χ4v) is 2.35. The Hall–Kier alpha value is -0.626. The number of carbonyl (C=O) groups excluding carboxylic acids is 2. The van der Waals surface area contributed by atoms with Crippen LogP contribution in [-0.2, 0) is 18.4 Å². The van der Waals surface area contributed by atoms with E-state index in [0.29, 0.717) is 11.8 Å². The Kier molecular flexibility index (Phi) is 8.61. The minimum atomic E-state index is -0.324. The molecule has 0 saturated carbocycles. The van der Waals surface area contributed by atoms with E-state index in [1.807, 2.05) is 0 Å². The van der Waals surface area contributed by atoms with E-state index in [0.717, 1.165) is 0 Å². The molecule has 0 aliphatic carbocycles. The Labute approximate surface area is 140 Å². The number of hydrogen-bond acceptors (Lipinski definition) is 4. The van der Waals surface area contributed by atoms with E-state index in [9.17, 15) is 9.59 Å². The highest BCUT2D eigenvalue weighted by Crippen LogP contribution is 2.33. The monoisotopic (exact) mass is 342 g/mol. The summed E-state index contributed by atoms with van der Waals surface area (Å²) in [6.07, 6.45) is 0.180. The molecule has 0 bridgehead atoms. The van der Waals surface area contributed by atoms with Crippen molar-refractivity contribution < 1.29 is 18.4 Å². The SMILES string of the molecule is CC(C)C(C)(C)[Si]OC(=O)CCC(=O)O[Si]C(C)(C)C(C)C. The summed E-state index contributed by atoms with van der Waals surface area (Å²) in [5, 5.41) is -0.0579. The molecule has 0 aromatic heterocycles. The van der Waals surface area contributed by atoms with Gasteiger partial charge in [-0.25, -0.2) is 0 Å². The summed E-state index contributed by atoms with van der Waals surface area (Å²) >= 11 is 0. The second-order valence-corrected chi connectivity index (χ2v) is 10.8. The van der Waals surface area contributed by atoms with Gasteiger partial charge in [-0.2, -0.15) is 0 Å². The van der Waals surface area contributed by atoms with Crippen molar-refractivity contribution >= 4 is 31.5 Å². The van der Waals surface area contributed by atoms with Gasteiger partial charge in [0.2, 0.25) is 0 Å². The lowest BCUT2D eigenvalue weighted by Gasteiger charge is -2.26. The summed E-state index contributed by atoms with van der Waals surface area (Å²) in [6, 6.07) is 0. The number of hydrogen-bond donors (Lipinski definition) is 0. The molecule has 0 aromatic rings. The molecule has 0 aromatic carbocycles. The molecule has 0 aliphatic heterocycles. The van der Waals surface area contributed by atoms with Crippen LogP contribution in [0.3, 0.4) is 0 Å². The topological polar surface area (TPSA) is 52.6 Å². The molecule has 0 N–H and O–H groups in total. The summed E-state index contributed by atoms with van der Waals surface area (Å²) < 4.78 is 10.6. The maximum Gasteiger partial charge on any atom is 0.321 e. The number of rotatable bonds is 9. The van der Waals surface area contributed by atoms with E-state index in [1.54, 1.807) is 0 Å². The maximum atomic E-state index is 11.7. The fraction of sp³-hybridized carbons (Fsp3) is 0.875. The lowest BCUT2D eigenvalue weighted by Crippen LogP contribution is -2.26. The van der Waals surface area contributed by atoms with E-state index >= 15 is 0 Å². The molecule has 126 valence electrons. The predicted molar refractivity (Wildman–Crippen MR) is 90.7 cm³/mol. The molecule has 0 saturated heterocycles. The second kappa shape index (κ2) is 8.86. The van der Waals surface area contributed by atoms with Gasteiger partial charge >= 0.3 is 19.5 Å². The highest BCUT2D eigenvalue weighted by atomic mass is 28.2. The van der Waals surface area contributed by atoms with E-state index in [1.165, 1.54) is 0 Å². The Bertz CT molecular complexity index is 340. The van der Waals surface area contributed by atoms with Crippen LogP contribution in [-0.4, -0.2) is 31.5 Å². The normalized spacial score (nSPS) is 12.6. The summed E-state index contributed by atoms with van der Waals surface area (Å²) in [4.78, 5) is 23.4. The summed E-state index contributed by atoms with van der Waals surface area (Å²) in [5.41, 5.74) is 0. The lowest BCUT2D eigenvalue weighted by molar-refractivity contribution is -0.140. The van der Waals surface area contributed by atoms with Gasteiger partial charge < -0.3 is 8.85 Å². The van der Waals surface area contributed by atoms with Crippen LogP contribution in [0.1, 0.15) is 68.2 Å². The molecule has 0 heterocycles.